The molecule has 3 nitrogen and oxygen atoms in total. The van der Waals surface area contributed by atoms with Gasteiger partial charge in [-0.1, -0.05) is 54.4 Å². The minimum Gasteiger partial charge on any atom is -0.466 e. The number of nitrogens with zero attached hydrogens (tertiary/aromatic N) is 2. The SMILES string of the molecule is Clc1ccc2c(c1)C1CC(c3ccc4ccccc4c3)=NN1C1(CCCCC1)O2. The van der Waals surface area contributed by atoms with Crippen molar-refractivity contribution in [3.63, 3.8) is 0 Å². The molecule has 1 fully saturated rings. The van der Waals surface area contributed by atoms with Gasteiger partial charge in [0.25, 0.3) is 0 Å². The summed E-state index contributed by atoms with van der Waals surface area (Å²) in [5, 5.41) is 10.7. The molecule has 3 aliphatic rings. The van der Waals surface area contributed by atoms with E-state index in [0.717, 1.165) is 41.3 Å². The Bertz CT molecular complexity index is 1130. The Morgan fingerprint density at radius 2 is 1.76 bits per heavy atom. The van der Waals surface area contributed by atoms with Crippen LogP contribution in [-0.2, 0) is 0 Å². The third-order valence-corrected chi connectivity index (χ3v) is 6.91. The molecule has 1 aliphatic carbocycles. The van der Waals surface area contributed by atoms with Crippen LogP contribution in [0.25, 0.3) is 10.8 Å². The highest BCUT2D eigenvalue weighted by atomic mass is 35.5. The number of fused-ring (bicyclic) bond motifs is 5. The van der Waals surface area contributed by atoms with Crippen molar-refractivity contribution in [3.8, 4) is 5.75 Å². The summed E-state index contributed by atoms with van der Waals surface area (Å²) in [6.07, 6.45) is 6.59. The van der Waals surface area contributed by atoms with Crippen LogP contribution in [0.2, 0.25) is 5.02 Å². The van der Waals surface area contributed by atoms with E-state index in [1.807, 2.05) is 12.1 Å². The van der Waals surface area contributed by atoms with Crippen molar-refractivity contribution < 1.29 is 4.74 Å². The van der Waals surface area contributed by atoms with Gasteiger partial charge in [-0.15, -0.1) is 0 Å². The topological polar surface area (TPSA) is 24.8 Å². The van der Waals surface area contributed by atoms with Crippen LogP contribution < -0.4 is 4.74 Å². The standard InChI is InChI=1S/C25H23ClN2O/c26-20-10-11-24-21(15-20)23-16-22(19-9-8-17-6-2-3-7-18(17)14-19)27-28(23)25(29-24)12-4-1-5-13-25/h2-3,6-11,14-15,23H,1,4-5,12-13,16H2. The van der Waals surface area contributed by atoms with Crippen molar-refractivity contribution in [2.45, 2.75) is 50.3 Å². The number of hydrazone groups is 1. The fourth-order valence-electron chi connectivity index (χ4n) is 5.23. The molecule has 3 aromatic carbocycles. The second kappa shape index (κ2) is 6.50. The van der Waals surface area contributed by atoms with Crippen molar-refractivity contribution in [1.29, 1.82) is 0 Å². The van der Waals surface area contributed by atoms with E-state index < -0.39 is 0 Å². The Morgan fingerprint density at radius 3 is 2.62 bits per heavy atom. The molecule has 0 saturated heterocycles. The highest BCUT2D eigenvalue weighted by Crippen LogP contribution is 2.51. The van der Waals surface area contributed by atoms with E-state index in [4.69, 9.17) is 21.4 Å². The van der Waals surface area contributed by atoms with E-state index in [1.54, 1.807) is 0 Å². The quantitative estimate of drug-likeness (QED) is 0.452. The molecule has 146 valence electrons. The second-order valence-electron chi connectivity index (χ2n) is 8.46. The van der Waals surface area contributed by atoms with Gasteiger partial charge in [0.15, 0.2) is 5.72 Å². The molecule has 1 spiro atoms. The molecule has 0 aromatic heterocycles. The lowest BCUT2D eigenvalue weighted by Crippen LogP contribution is -2.54. The van der Waals surface area contributed by atoms with Crippen LogP contribution >= 0.6 is 11.6 Å². The van der Waals surface area contributed by atoms with E-state index in [2.05, 4.69) is 53.5 Å². The Kier molecular flexibility index (Phi) is 3.89. The van der Waals surface area contributed by atoms with Gasteiger partial charge < -0.3 is 4.74 Å². The van der Waals surface area contributed by atoms with Crippen LogP contribution in [0.4, 0.5) is 0 Å². The first kappa shape index (κ1) is 17.3. The Hall–Kier alpha value is -2.52. The van der Waals surface area contributed by atoms with Gasteiger partial charge in [0, 0.05) is 29.8 Å². The van der Waals surface area contributed by atoms with E-state index in [-0.39, 0.29) is 11.8 Å². The lowest BCUT2D eigenvalue weighted by molar-refractivity contribution is -0.140. The summed E-state index contributed by atoms with van der Waals surface area (Å²) in [5.41, 5.74) is 3.19. The number of hydrogen-bond acceptors (Lipinski definition) is 3. The van der Waals surface area contributed by atoms with E-state index in [9.17, 15) is 0 Å². The van der Waals surface area contributed by atoms with Gasteiger partial charge in [-0.05, 0) is 53.4 Å². The Balaban J connectivity index is 1.46. The molecule has 1 atom stereocenters. The number of rotatable bonds is 1. The first-order chi connectivity index (χ1) is 14.2. The zero-order valence-electron chi connectivity index (χ0n) is 16.3. The lowest BCUT2D eigenvalue weighted by Gasteiger charge is -2.49. The zero-order chi connectivity index (χ0) is 19.4. The minimum atomic E-state index is -0.317. The monoisotopic (exact) mass is 402 g/mol. The molecule has 0 amide bonds. The van der Waals surface area contributed by atoms with Crippen molar-refractivity contribution in [3.05, 3.63) is 76.8 Å². The number of ether oxygens (including phenoxy) is 1. The summed E-state index contributed by atoms with van der Waals surface area (Å²) in [6.45, 7) is 0. The molecule has 2 aliphatic heterocycles. The molecule has 0 radical (unpaired) electrons. The van der Waals surface area contributed by atoms with Crippen LogP contribution in [0.3, 0.4) is 0 Å². The van der Waals surface area contributed by atoms with Crippen LogP contribution in [0.15, 0.2) is 65.8 Å². The molecule has 0 bridgehead atoms. The van der Waals surface area contributed by atoms with Crippen molar-refractivity contribution in [2.24, 2.45) is 5.10 Å². The zero-order valence-corrected chi connectivity index (χ0v) is 17.0. The molecule has 29 heavy (non-hydrogen) atoms. The molecular formula is C25H23ClN2O. The van der Waals surface area contributed by atoms with Crippen LogP contribution in [0.1, 0.15) is 55.7 Å². The highest BCUT2D eigenvalue weighted by Gasteiger charge is 2.50. The normalized spacial score (nSPS) is 22.2. The Morgan fingerprint density at radius 1 is 0.931 bits per heavy atom. The molecule has 6 rings (SSSR count). The van der Waals surface area contributed by atoms with E-state index in [0.29, 0.717) is 0 Å². The first-order valence-electron chi connectivity index (χ1n) is 10.6. The average molecular weight is 403 g/mol. The fourth-order valence-corrected chi connectivity index (χ4v) is 5.41. The molecule has 1 unspecified atom stereocenters. The van der Waals surface area contributed by atoms with E-state index in [1.165, 1.54) is 35.6 Å². The van der Waals surface area contributed by atoms with Gasteiger partial charge in [0.05, 0.1) is 11.8 Å². The number of benzene rings is 3. The molecule has 0 N–H and O–H groups in total. The van der Waals surface area contributed by atoms with Crippen LogP contribution in [-0.4, -0.2) is 16.4 Å². The third-order valence-electron chi connectivity index (χ3n) is 6.68. The predicted octanol–water partition coefficient (Wildman–Crippen LogP) is 6.70. The number of halogens is 1. The van der Waals surface area contributed by atoms with Gasteiger partial charge >= 0.3 is 0 Å². The summed E-state index contributed by atoms with van der Waals surface area (Å²) in [5.74, 6) is 0.979. The molecule has 4 heteroatoms. The van der Waals surface area contributed by atoms with Crippen molar-refractivity contribution >= 4 is 28.1 Å². The molecule has 1 saturated carbocycles. The van der Waals surface area contributed by atoms with Gasteiger partial charge in [0.1, 0.15) is 5.75 Å². The molecule has 2 heterocycles. The smallest absolute Gasteiger partial charge is 0.198 e. The van der Waals surface area contributed by atoms with Gasteiger partial charge in [-0.2, -0.15) is 5.10 Å². The fraction of sp³-hybridized carbons (Fsp3) is 0.320. The van der Waals surface area contributed by atoms with Gasteiger partial charge in [0.2, 0.25) is 0 Å². The maximum absolute atomic E-state index is 6.64. The average Bonchev–Trinajstić information content (AvgIpc) is 3.22. The third kappa shape index (κ3) is 2.75. The summed E-state index contributed by atoms with van der Waals surface area (Å²) in [7, 11) is 0. The first-order valence-corrected chi connectivity index (χ1v) is 10.9. The summed E-state index contributed by atoms with van der Waals surface area (Å²) in [6, 6.07) is 21.4. The highest BCUT2D eigenvalue weighted by molar-refractivity contribution is 6.30. The van der Waals surface area contributed by atoms with Crippen LogP contribution in [0.5, 0.6) is 5.75 Å². The van der Waals surface area contributed by atoms with E-state index >= 15 is 0 Å². The summed E-state index contributed by atoms with van der Waals surface area (Å²) >= 11 is 6.35. The van der Waals surface area contributed by atoms with Crippen molar-refractivity contribution in [2.75, 3.05) is 0 Å². The maximum atomic E-state index is 6.64. The maximum Gasteiger partial charge on any atom is 0.198 e. The van der Waals surface area contributed by atoms with Gasteiger partial charge in [-0.3, -0.25) is 0 Å². The van der Waals surface area contributed by atoms with Gasteiger partial charge in [-0.25, -0.2) is 5.01 Å². The predicted molar refractivity (Wildman–Crippen MR) is 118 cm³/mol. The largest absolute Gasteiger partial charge is 0.466 e. The lowest BCUT2D eigenvalue weighted by atomic mass is 9.86. The number of hydrogen-bond donors (Lipinski definition) is 0. The summed E-state index contributed by atoms with van der Waals surface area (Å²) < 4.78 is 6.64. The molecule has 3 aromatic rings. The summed E-state index contributed by atoms with van der Waals surface area (Å²) in [4.78, 5) is 0. The van der Waals surface area contributed by atoms with Crippen molar-refractivity contribution in [1.82, 2.24) is 5.01 Å². The molecular weight excluding hydrogens is 380 g/mol. The second-order valence-corrected chi connectivity index (χ2v) is 8.90. The minimum absolute atomic E-state index is 0.192. The van der Waals surface area contributed by atoms with Crippen LogP contribution in [0, 0.1) is 0 Å². The Labute approximate surface area is 175 Å².